The van der Waals surface area contributed by atoms with Gasteiger partial charge in [0, 0.05) is 13.5 Å². The molecule has 4 aromatic rings. The number of benzene rings is 2. The van der Waals surface area contributed by atoms with E-state index >= 15 is 0 Å². The van der Waals surface area contributed by atoms with Gasteiger partial charge in [-0.2, -0.15) is 5.26 Å². The molecular weight excluding hydrogens is 390 g/mol. The van der Waals surface area contributed by atoms with Gasteiger partial charge in [0.1, 0.15) is 5.82 Å². The minimum Gasteiger partial charge on any atom is -0.330 e. The zero-order chi connectivity index (χ0) is 21.5. The van der Waals surface area contributed by atoms with Gasteiger partial charge < -0.3 is 4.57 Å². The molecule has 0 N–H and O–H groups in total. The molecule has 0 saturated heterocycles. The van der Waals surface area contributed by atoms with Gasteiger partial charge in [0.05, 0.1) is 40.2 Å². The molecule has 150 valence electrons. The van der Waals surface area contributed by atoms with Crippen LogP contribution in [0.5, 0.6) is 0 Å². The number of carbonyl (C=O) groups is 2. The van der Waals surface area contributed by atoms with E-state index < -0.39 is 0 Å². The number of imide groups is 1. The maximum absolute atomic E-state index is 12.8. The van der Waals surface area contributed by atoms with Gasteiger partial charge in [0.15, 0.2) is 5.65 Å². The molecule has 2 aromatic heterocycles. The number of pyridine rings is 1. The Kier molecular flexibility index (Phi) is 4.33. The fourth-order valence-corrected chi connectivity index (χ4v) is 3.88. The number of carbonyl (C=O) groups excluding carboxylic acids is 2. The van der Waals surface area contributed by atoms with Crippen molar-refractivity contribution in [2.75, 3.05) is 4.90 Å². The first-order valence-corrected chi connectivity index (χ1v) is 9.85. The van der Waals surface area contributed by atoms with Gasteiger partial charge in [0.2, 0.25) is 0 Å². The van der Waals surface area contributed by atoms with Crippen LogP contribution in [-0.4, -0.2) is 26.3 Å². The molecule has 31 heavy (non-hydrogen) atoms. The SMILES string of the molecule is Cn1c(CCc2ccc(C#N)cc2)nc2ncc(N3C(=O)c4ccccc4C3=O)cc21. The van der Waals surface area contributed by atoms with Crippen molar-refractivity contribution in [3.63, 3.8) is 0 Å². The van der Waals surface area contributed by atoms with Crippen molar-refractivity contribution in [2.45, 2.75) is 12.8 Å². The monoisotopic (exact) mass is 407 g/mol. The van der Waals surface area contributed by atoms with E-state index in [0.717, 1.165) is 23.3 Å². The van der Waals surface area contributed by atoms with Crippen molar-refractivity contribution in [3.8, 4) is 6.07 Å². The number of aromatic nitrogens is 3. The molecule has 0 radical (unpaired) electrons. The number of aryl methyl sites for hydroxylation is 3. The van der Waals surface area contributed by atoms with Crippen LogP contribution in [0.3, 0.4) is 0 Å². The number of rotatable bonds is 4. The van der Waals surface area contributed by atoms with E-state index in [1.807, 2.05) is 23.7 Å². The molecule has 5 rings (SSSR count). The highest BCUT2D eigenvalue weighted by atomic mass is 16.2. The number of amides is 2. The molecule has 1 aliphatic rings. The Morgan fingerprint density at radius 3 is 2.29 bits per heavy atom. The Bertz CT molecular complexity index is 1360. The molecule has 0 spiro atoms. The van der Waals surface area contributed by atoms with Crippen molar-refractivity contribution in [3.05, 3.63) is 88.9 Å². The highest BCUT2D eigenvalue weighted by Gasteiger charge is 2.36. The number of nitrogens with zero attached hydrogens (tertiary/aromatic N) is 5. The molecule has 0 saturated carbocycles. The number of hydrogen-bond donors (Lipinski definition) is 0. The van der Waals surface area contributed by atoms with Crippen LogP contribution in [0.25, 0.3) is 11.2 Å². The van der Waals surface area contributed by atoms with Gasteiger partial charge >= 0.3 is 0 Å². The largest absolute Gasteiger partial charge is 0.330 e. The Morgan fingerprint density at radius 1 is 0.968 bits per heavy atom. The average Bonchev–Trinajstić information content (AvgIpc) is 3.26. The normalized spacial score (nSPS) is 13.0. The highest BCUT2D eigenvalue weighted by Crippen LogP contribution is 2.29. The third-order valence-electron chi connectivity index (χ3n) is 5.59. The molecule has 7 heteroatoms. The minimum atomic E-state index is -0.343. The molecule has 0 unspecified atom stereocenters. The lowest BCUT2D eigenvalue weighted by molar-refractivity contribution is 0.0926. The summed E-state index contributed by atoms with van der Waals surface area (Å²) in [6, 6.07) is 18.2. The van der Waals surface area contributed by atoms with E-state index in [1.165, 1.54) is 11.1 Å². The smallest absolute Gasteiger partial charge is 0.266 e. The maximum Gasteiger partial charge on any atom is 0.266 e. The Morgan fingerprint density at radius 2 is 1.65 bits per heavy atom. The van der Waals surface area contributed by atoms with E-state index in [2.05, 4.69) is 16.0 Å². The summed E-state index contributed by atoms with van der Waals surface area (Å²) in [7, 11) is 1.90. The van der Waals surface area contributed by atoms with Crippen LogP contribution in [0.2, 0.25) is 0 Å². The molecule has 0 aliphatic carbocycles. The minimum absolute atomic E-state index is 0.343. The number of imidazole rings is 1. The first-order chi connectivity index (χ1) is 15.1. The van der Waals surface area contributed by atoms with Crippen LogP contribution in [-0.2, 0) is 19.9 Å². The van der Waals surface area contributed by atoms with Gasteiger partial charge in [-0.3, -0.25) is 9.59 Å². The van der Waals surface area contributed by atoms with Crippen LogP contribution in [0.1, 0.15) is 37.7 Å². The summed E-state index contributed by atoms with van der Waals surface area (Å²) in [6.07, 6.45) is 2.98. The molecular formula is C24H17N5O2. The Labute approximate surface area is 178 Å². The summed E-state index contributed by atoms with van der Waals surface area (Å²) >= 11 is 0. The molecule has 0 fully saturated rings. The van der Waals surface area contributed by atoms with Crippen LogP contribution >= 0.6 is 0 Å². The predicted molar refractivity (Wildman–Crippen MR) is 115 cm³/mol. The van der Waals surface area contributed by atoms with Crippen molar-refractivity contribution < 1.29 is 9.59 Å². The van der Waals surface area contributed by atoms with Crippen molar-refractivity contribution in [2.24, 2.45) is 7.05 Å². The summed E-state index contributed by atoms with van der Waals surface area (Å²) < 4.78 is 1.94. The molecule has 0 atom stereocenters. The van der Waals surface area contributed by atoms with Gasteiger partial charge in [0.25, 0.3) is 11.8 Å². The summed E-state index contributed by atoms with van der Waals surface area (Å²) in [6.45, 7) is 0. The highest BCUT2D eigenvalue weighted by molar-refractivity contribution is 6.34. The van der Waals surface area contributed by atoms with Gasteiger partial charge in [-0.1, -0.05) is 24.3 Å². The number of anilines is 1. The number of hydrogen-bond acceptors (Lipinski definition) is 5. The fourth-order valence-electron chi connectivity index (χ4n) is 3.88. The van der Waals surface area contributed by atoms with E-state index in [4.69, 9.17) is 5.26 Å². The zero-order valence-corrected chi connectivity index (χ0v) is 16.7. The maximum atomic E-state index is 12.8. The van der Waals surface area contributed by atoms with Crippen LogP contribution < -0.4 is 4.90 Å². The lowest BCUT2D eigenvalue weighted by atomic mass is 10.1. The Balaban J connectivity index is 1.43. The van der Waals surface area contributed by atoms with Gasteiger partial charge in [-0.15, -0.1) is 0 Å². The predicted octanol–water partition coefficient (Wildman–Crippen LogP) is 3.43. The summed E-state index contributed by atoms with van der Waals surface area (Å²) in [5.41, 5.74) is 4.31. The van der Waals surface area contributed by atoms with Crippen LogP contribution in [0.4, 0.5) is 5.69 Å². The van der Waals surface area contributed by atoms with E-state index in [1.54, 1.807) is 42.5 Å². The quantitative estimate of drug-likeness (QED) is 0.483. The Hall–Kier alpha value is -4.31. The number of fused-ring (bicyclic) bond motifs is 2. The second kappa shape index (κ2) is 7.18. The van der Waals surface area contributed by atoms with E-state index in [0.29, 0.717) is 34.4 Å². The van der Waals surface area contributed by atoms with Crippen molar-refractivity contribution in [1.82, 2.24) is 14.5 Å². The van der Waals surface area contributed by atoms with Crippen molar-refractivity contribution in [1.29, 1.82) is 5.26 Å². The molecule has 2 amide bonds. The van der Waals surface area contributed by atoms with Gasteiger partial charge in [-0.25, -0.2) is 14.9 Å². The second-order valence-corrected chi connectivity index (χ2v) is 7.42. The summed E-state index contributed by atoms with van der Waals surface area (Å²) in [4.78, 5) is 35.7. The molecule has 7 nitrogen and oxygen atoms in total. The number of nitriles is 1. The lowest BCUT2D eigenvalue weighted by Crippen LogP contribution is -2.29. The summed E-state index contributed by atoms with van der Waals surface area (Å²) in [5.74, 6) is 0.168. The average molecular weight is 407 g/mol. The standard InChI is InChI=1S/C24H17N5O2/c1-28-20-12-17(29-23(30)18-4-2-3-5-19(18)24(29)31)14-26-22(20)27-21(28)11-10-15-6-8-16(13-25)9-7-15/h2-9,12,14H,10-11H2,1H3. The first kappa shape index (κ1) is 18.7. The van der Waals surface area contributed by atoms with Gasteiger partial charge in [-0.05, 0) is 42.3 Å². The fraction of sp³-hybridized carbons (Fsp3) is 0.125. The zero-order valence-electron chi connectivity index (χ0n) is 16.7. The van der Waals surface area contributed by atoms with E-state index in [-0.39, 0.29) is 11.8 Å². The molecule has 0 bridgehead atoms. The first-order valence-electron chi connectivity index (χ1n) is 9.85. The van der Waals surface area contributed by atoms with Crippen LogP contribution in [0.15, 0.2) is 60.8 Å². The molecule has 3 heterocycles. The summed E-state index contributed by atoms with van der Waals surface area (Å²) in [5, 5.41) is 8.92. The molecule has 1 aliphatic heterocycles. The van der Waals surface area contributed by atoms with E-state index in [9.17, 15) is 9.59 Å². The third-order valence-corrected chi connectivity index (χ3v) is 5.59. The van der Waals surface area contributed by atoms with Crippen molar-refractivity contribution >= 4 is 28.7 Å². The topological polar surface area (TPSA) is 91.9 Å². The second-order valence-electron chi connectivity index (χ2n) is 7.42. The lowest BCUT2D eigenvalue weighted by Gasteiger charge is -2.13. The molecule has 2 aromatic carbocycles. The third kappa shape index (κ3) is 3.06. The van der Waals surface area contributed by atoms with Crippen LogP contribution in [0, 0.1) is 11.3 Å².